The van der Waals surface area contributed by atoms with E-state index in [1.807, 2.05) is 0 Å². The van der Waals surface area contributed by atoms with Gasteiger partial charge in [-0.05, 0) is 36.1 Å². The number of carbonyl (C=O) groups excluding carboxylic acids is 1. The maximum Gasteiger partial charge on any atom is 0.252 e. The molecule has 0 saturated heterocycles. The van der Waals surface area contributed by atoms with Gasteiger partial charge in [0.25, 0.3) is 5.24 Å². The molecule has 0 atom stereocenters. The number of carbonyl (C=O) groups is 1. The van der Waals surface area contributed by atoms with E-state index in [0.29, 0.717) is 4.90 Å². The molecule has 0 aromatic heterocycles. The van der Waals surface area contributed by atoms with Crippen LogP contribution in [0.2, 0.25) is 0 Å². The van der Waals surface area contributed by atoms with Gasteiger partial charge in [0.2, 0.25) is 0 Å². The van der Waals surface area contributed by atoms with Crippen LogP contribution in [0, 0.1) is 5.82 Å². The van der Waals surface area contributed by atoms with Gasteiger partial charge in [0, 0.05) is 10.5 Å². The number of thioether (sulfide) groups is 1. The van der Waals surface area contributed by atoms with Crippen molar-refractivity contribution >= 4 is 28.6 Å². The Balaban J connectivity index is 3.15. The van der Waals surface area contributed by atoms with Crippen LogP contribution < -0.4 is 0 Å². The molecule has 0 radical (unpaired) electrons. The molecule has 0 aliphatic rings. The van der Waals surface area contributed by atoms with Gasteiger partial charge in [-0.15, -0.1) is 11.8 Å². The Morgan fingerprint density at radius 2 is 2.17 bits per heavy atom. The molecular weight excluding hydrogens is 199 g/mol. The zero-order valence-electron chi connectivity index (χ0n) is 6.30. The molecule has 12 heavy (non-hydrogen) atoms. The van der Waals surface area contributed by atoms with Crippen LogP contribution in [0.1, 0.15) is 10.4 Å². The van der Waals surface area contributed by atoms with Gasteiger partial charge in [-0.25, -0.2) is 4.39 Å². The zero-order valence-corrected chi connectivity index (χ0v) is 7.88. The van der Waals surface area contributed by atoms with Gasteiger partial charge >= 0.3 is 0 Å². The number of benzene rings is 1. The largest absolute Gasteiger partial charge is 0.276 e. The minimum atomic E-state index is -0.634. The van der Waals surface area contributed by atoms with Gasteiger partial charge in [-0.1, -0.05) is 0 Å². The standard InChI is InChI=1S/C8H6ClFOS/c1-12-7-3-5(8(9)11)2-6(10)4-7/h2-4H,1H3. The van der Waals surface area contributed by atoms with Crippen molar-refractivity contribution in [1.82, 2.24) is 0 Å². The quantitative estimate of drug-likeness (QED) is 0.544. The lowest BCUT2D eigenvalue weighted by Crippen LogP contribution is -1.90. The van der Waals surface area contributed by atoms with E-state index >= 15 is 0 Å². The first-order valence-electron chi connectivity index (χ1n) is 3.18. The highest BCUT2D eigenvalue weighted by atomic mass is 35.5. The second kappa shape index (κ2) is 3.92. The Labute approximate surface area is 78.9 Å². The minimum Gasteiger partial charge on any atom is -0.276 e. The van der Waals surface area contributed by atoms with Crippen molar-refractivity contribution < 1.29 is 9.18 Å². The maximum atomic E-state index is 12.8. The van der Waals surface area contributed by atoms with Crippen molar-refractivity contribution in [2.75, 3.05) is 6.26 Å². The van der Waals surface area contributed by atoms with E-state index < -0.39 is 11.1 Å². The topological polar surface area (TPSA) is 17.1 Å². The summed E-state index contributed by atoms with van der Waals surface area (Å²) in [5.41, 5.74) is 0.195. The van der Waals surface area contributed by atoms with Crippen LogP contribution in [0.15, 0.2) is 23.1 Å². The van der Waals surface area contributed by atoms with Crippen LogP contribution in [0.3, 0.4) is 0 Å². The lowest BCUT2D eigenvalue weighted by atomic mass is 10.2. The number of hydrogen-bond acceptors (Lipinski definition) is 2. The fourth-order valence-electron chi connectivity index (χ4n) is 0.794. The highest BCUT2D eigenvalue weighted by Crippen LogP contribution is 2.19. The first kappa shape index (κ1) is 9.55. The van der Waals surface area contributed by atoms with Gasteiger partial charge in [0.1, 0.15) is 5.82 Å². The Bertz CT molecular complexity index is 314. The van der Waals surface area contributed by atoms with Gasteiger partial charge in [0.05, 0.1) is 0 Å². The summed E-state index contributed by atoms with van der Waals surface area (Å²) in [5.74, 6) is -0.439. The molecule has 0 aliphatic carbocycles. The molecule has 0 N–H and O–H groups in total. The summed E-state index contributed by atoms with van der Waals surface area (Å²) in [6.07, 6.45) is 1.80. The van der Waals surface area contributed by atoms with Crippen LogP contribution in [0.4, 0.5) is 4.39 Å². The zero-order chi connectivity index (χ0) is 9.14. The molecule has 0 spiro atoms. The average molecular weight is 205 g/mol. The highest BCUT2D eigenvalue weighted by molar-refractivity contribution is 7.98. The van der Waals surface area contributed by atoms with E-state index in [-0.39, 0.29) is 5.56 Å². The van der Waals surface area contributed by atoms with Gasteiger partial charge in [-0.3, -0.25) is 4.79 Å². The molecule has 4 heteroatoms. The monoisotopic (exact) mass is 204 g/mol. The number of hydrogen-bond donors (Lipinski definition) is 0. The first-order chi connectivity index (χ1) is 5.63. The second-order valence-electron chi connectivity index (χ2n) is 2.15. The molecule has 0 aliphatic heterocycles. The molecule has 64 valence electrons. The number of rotatable bonds is 2. The predicted octanol–water partition coefficient (Wildman–Crippen LogP) is 2.93. The molecular formula is C8H6ClFOS. The van der Waals surface area contributed by atoms with E-state index in [9.17, 15) is 9.18 Å². The molecule has 0 amide bonds. The summed E-state index contributed by atoms with van der Waals surface area (Å²) in [6.45, 7) is 0. The predicted molar refractivity (Wildman–Crippen MR) is 48.4 cm³/mol. The smallest absolute Gasteiger partial charge is 0.252 e. The van der Waals surface area contributed by atoms with Crippen molar-refractivity contribution in [2.24, 2.45) is 0 Å². The van der Waals surface area contributed by atoms with Gasteiger partial charge < -0.3 is 0 Å². The van der Waals surface area contributed by atoms with Crippen molar-refractivity contribution in [3.8, 4) is 0 Å². The summed E-state index contributed by atoms with van der Waals surface area (Å²) < 4.78 is 12.8. The number of halogens is 2. The van der Waals surface area contributed by atoms with E-state index in [1.165, 1.54) is 17.8 Å². The fourth-order valence-corrected chi connectivity index (χ4v) is 1.38. The van der Waals surface area contributed by atoms with Crippen LogP contribution >= 0.6 is 23.4 Å². The average Bonchev–Trinajstić information content (AvgIpc) is 2.03. The second-order valence-corrected chi connectivity index (χ2v) is 3.38. The summed E-state index contributed by atoms with van der Waals surface area (Å²) in [7, 11) is 0. The molecule has 1 nitrogen and oxygen atoms in total. The van der Waals surface area contributed by atoms with E-state index in [2.05, 4.69) is 0 Å². The van der Waals surface area contributed by atoms with Crippen LogP contribution in [-0.4, -0.2) is 11.5 Å². The normalized spacial score (nSPS) is 9.92. The third-order valence-electron chi connectivity index (χ3n) is 1.33. The molecule has 0 heterocycles. The molecule has 0 saturated carbocycles. The molecule has 1 aromatic carbocycles. The van der Waals surface area contributed by atoms with E-state index in [4.69, 9.17) is 11.6 Å². The summed E-state index contributed by atoms with van der Waals surface area (Å²) in [6, 6.07) is 4.03. The van der Waals surface area contributed by atoms with Crippen LogP contribution in [-0.2, 0) is 0 Å². The van der Waals surface area contributed by atoms with Crippen LogP contribution in [0.5, 0.6) is 0 Å². The molecule has 1 aromatic rings. The SMILES string of the molecule is CSc1cc(F)cc(C(=O)Cl)c1. The van der Waals surface area contributed by atoms with Crippen LogP contribution in [0.25, 0.3) is 0 Å². The van der Waals surface area contributed by atoms with Crippen molar-refractivity contribution in [3.05, 3.63) is 29.6 Å². The Hall–Kier alpha value is -0.540. The Morgan fingerprint density at radius 1 is 1.50 bits per heavy atom. The third-order valence-corrected chi connectivity index (χ3v) is 2.26. The Morgan fingerprint density at radius 3 is 2.67 bits per heavy atom. The molecule has 0 bridgehead atoms. The van der Waals surface area contributed by atoms with E-state index in [1.54, 1.807) is 12.3 Å². The minimum absolute atomic E-state index is 0.195. The van der Waals surface area contributed by atoms with Crippen molar-refractivity contribution in [3.63, 3.8) is 0 Å². The van der Waals surface area contributed by atoms with Gasteiger partial charge in [-0.2, -0.15) is 0 Å². The highest BCUT2D eigenvalue weighted by Gasteiger charge is 2.05. The summed E-state index contributed by atoms with van der Waals surface area (Å²) in [4.78, 5) is 11.3. The summed E-state index contributed by atoms with van der Waals surface area (Å²) in [5, 5.41) is -0.634. The summed E-state index contributed by atoms with van der Waals surface area (Å²) >= 11 is 6.55. The molecule has 0 unspecified atom stereocenters. The van der Waals surface area contributed by atoms with E-state index in [0.717, 1.165) is 6.07 Å². The fraction of sp³-hybridized carbons (Fsp3) is 0.125. The maximum absolute atomic E-state index is 12.8. The lowest BCUT2D eigenvalue weighted by molar-refractivity contribution is 0.108. The third kappa shape index (κ3) is 2.22. The van der Waals surface area contributed by atoms with Gasteiger partial charge in [0.15, 0.2) is 0 Å². The Kier molecular flexibility index (Phi) is 3.12. The van der Waals surface area contributed by atoms with Crippen molar-refractivity contribution in [1.29, 1.82) is 0 Å². The molecule has 0 fully saturated rings. The lowest BCUT2D eigenvalue weighted by Gasteiger charge is -1.98. The first-order valence-corrected chi connectivity index (χ1v) is 4.78. The molecule has 1 rings (SSSR count). The van der Waals surface area contributed by atoms with Crippen molar-refractivity contribution in [2.45, 2.75) is 4.90 Å².